The van der Waals surface area contributed by atoms with Crippen molar-refractivity contribution in [2.45, 2.75) is 24.8 Å². The second kappa shape index (κ2) is 3.16. The van der Waals surface area contributed by atoms with Crippen molar-refractivity contribution >= 4 is 39.2 Å². The zero-order valence-electron chi connectivity index (χ0n) is 7.80. The normalized spacial score (nSPS) is 50.1. The molecule has 5 atom stereocenters. The Morgan fingerprint density at radius 3 is 2.57 bits per heavy atom. The number of halogens is 3. The largest absolute Gasteiger partial charge is 0.344 e. The Kier molecular flexibility index (Phi) is 2.26. The van der Waals surface area contributed by atoms with Gasteiger partial charge in [0.1, 0.15) is 0 Å². The summed E-state index contributed by atoms with van der Waals surface area (Å²) < 4.78 is 0. The lowest BCUT2D eigenvalue weighted by Crippen LogP contribution is -2.31. The maximum Gasteiger partial charge on any atom is 0.344 e. The van der Waals surface area contributed by atoms with E-state index in [1.807, 2.05) is 0 Å². The zero-order valence-corrected chi connectivity index (χ0v) is 11.1. The van der Waals surface area contributed by atoms with Gasteiger partial charge in [-0.3, -0.25) is 0 Å². The molecule has 0 aromatic heterocycles. The van der Waals surface area contributed by atoms with Gasteiger partial charge in [-0.25, -0.2) is 0 Å². The third-order valence-corrected chi connectivity index (χ3v) is 8.46. The second-order valence-electron chi connectivity index (χ2n) is 4.95. The average molecular weight is 268 g/mol. The molecule has 0 aromatic carbocycles. The number of hydrogen-bond acceptors (Lipinski definition) is 0. The van der Waals surface area contributed by atoms with Gasteiger partial charge in [0, 0.05) is 0 Å². The fourth-order valence-electron chi connectivity index (χ4n) is 3.92. The summed E-state index contributed by atoms with van der Waals surface area (Å²) in [6.07, 6.45) is 8.50. The highest BCUT2D eigenvalue weighted by atomic mass is 35.8. The van der Waals surface area contributed by atoms with E-state index in [0.717, 1.165) is 17.8 Å². The van der Waals surface area contributed by atoms with E-state index >= 15 is 0 Å². The summed E-state index contributed by atoms with van der Waals surface area (Å²) in [5.41, 5.74) is 0.432. The first-order valence-electron chi connectivity index (χ1n) is 5.31. The van der Waals surface area contributed by atoms with Gasteiger partial charge in [0.25, 0.3) is 0 Å². The summed E-state index contributed by atoms with van der Waals surface area (Å²) in [6.45, 7) is 0. The van der Waals surface area contributed by atoms with Crippen LogP contribution in [0.25, 0.3) is 0 Å². The monoisotopic (exact) mass is 266 g/mol. The summed E-state index contributed by atoms with van der Waals surface area (Å²) in [6, 6.07) is -2.45. The van der Waals surface area contributed by atoms with Gasteiger partial charge in [-0.05, 0) is 48.5 Å². The molecule has 2 fully saturated rings. The lowest BCUT2D eigenvalue weighted by molar-refractivity contribution is 0.284. The van der Waals surface area contributed by atoms with Gasteiger partial charge in [-0.1, -0.05) is 12.2 Å². The summed E-state index contributed by atoms with van der Waals surface area (Å²) in [5, 5.41) is 0. The number of rotatable bonds is 1. The standard InChI is InChI=1S/C10H13Cl3Si/c11-14(12,13)10-5-6-4-9(10)8-3-1-2-7(6)8/h1,3,6-10H,2,4-5H2. The van der Waals surface area contributed by atoms with Crippen LogP contribution in [0.5, 0.6) is 0 Å². The van der Waals surface area contributed by atoms with Crippen LogP contribution in [0.15, 0.2) is 12.2 Å². The Labute approximate surface area is 99.7 Å². The van der Waals surface area contributed by atoms with E-state index < -0.39 is 6.00 Å². The predicted octanol–water partition coefficient (Wildman–Crippen LogP) is 4.24. The van der Waals surface area contributed by atoms with Crippen LogP contribution in [0.3, 0.4) is 0 Å². The van der Waals surface area contributed by atoms with Crippen molar-refractivity contribution in [3.63, 3.8) is 0 Å². The second-order valence-corrected chi connectivity index (χ2v) is 13.9. The Balaban J connectivity index is 1.86. The Hall–Kier alpha value is 0.827. The topological polar surface area (TPSA) is 0 Å². The highest BCUT2D eigenvalue weighted by molar-refractivity contribution is 7.65. The van der Waals surface area contributed by atoms with E-state index in [1.54, 1.807) is 0 Å². The maximum absolute atomic E-state index is 6.17. The van der Waals surface area contributed by atoms with E-state index in [9.17, 15) is 0 Å². The van der Waals surface area contributed by atoms with Crippen molar-refractivity contribution in [2.75, 3.05) is 0 Å². The molecule has 0 saturated heterocycles. The molecule has 2 bridgehead atoms. The summed E-state index contributed by atoms with van der Waals surface area (Å²) in [4.78, 5) is 0. The minimum absolute atomic E-state index is 0.432. The molecule has 4 heteroatoms. The van der Waals surface area contributed by atoms with Crippen molar-refractivity contribution in [1.29, 1.82) is 0 Å². The molecular formula is C10H13Cl3Si. The quantitative estimate of drug-likeness (QED) is 0.379. The predicted molar refractivity (Wildman–Crippen MR) is 64.0 cm³/mol. The van der Waals surface area contributed by atoms with Gasteiger partial charge in [-0.2, -0.15) is 0 Å². The lowest BCUT2D eigenvalue weighted by Gasteiger charge is -2.33. The van der Waals surface area contributed by atoms with Crippen molar-refractivity contribution in [3.05, 3.63) is 12.2 Å². The van der Waals surface area contributed by atoms with Crippen molar-refractivity contribution in [3.8, 4) is 0 Å². The molecule has 5 unspecified atom stereocenters. The Morgan fingerprint density at radius 1 is 1.07 bits per heavy atom. The average Bonchev–Trinajstić information content (AvgIpc) is 2.74. The molecule has 2 saturated carbocycles. The molecule has 78 valence electrons. The van der Waals surface area contributed by atoms with Gasteiger partial charge in [0.2, 0.25) is 0 Å². The fourth-order valence-corrected chi connectivity index (χ4v) is 7.59. The van der Waals surface area contributed by atoms with Crippen LogP contribution >= 0.6 is 33.2 Å². The van der Waals surface area contributed by atoms with Crippen LogP contribution in [-0.4, -0.2) is 6.00 Å². The minimum atomic E-state index is -2.45. The molecule has 0 radical (unpaired) electrons. The third-order valence-electron chi connectivity index (χ3n) is 4.43. The fraction of sp³-hybridized carbons (Fsp3) is 0.800. The van der Waals surface area contributed by atoms with Crippen molar-refractivity contribution in [2.24, 2.45) is 23.7 Å². The zero-order chi connectivity index (χ0) is 9.92. The Morgan fingerprint density at radius 2 is 1.86 bits per heavy atom. The smallest absolute Gasteiger partial charge is 0.126 e. The van der Waals surface area contributed by atoms with Crippen LogP contribution in [-0.2, 0) is 0 Å². The van der Waals surface area contributed by atoms with Gasteiger partial charge in [0.15, 0.2) is 0 Å². The molecule has 0 aromatic rings. The van der Waals surface area contributed by atoms with Crippen LogP contribution < -0.4 is 0 Å². The molecule has 3 rings (SSSR count). The van der Waals surface area contributed by atoms with Gasteiger partial charge >= 0.3 is 6.00 Å². The highest BCUT2D eigenvalue weighted by Crippen LogP contribution is 2.65. The lowest BCUT2D eigenvalue weighted by atomic mass is 9.81. The summed E-state index contributed by atoms with van der Waals surface area (Å²) in [5.74, 6) is 3.20. The van der Waals surface area contributed by atoms with Crippen LogP contribution in [0.1, 0.15) is 19.3 Å². The number of hydrogen-bond donors (Lipinski definition) is 0. The highest BCUT2D eigenvalue weighted by Gasteiger charge is 2.58. The minimum Gasteiger partial charge on any atom is -0.126 e. The first-order valence-corrected chi connectivity index (χ1v) is 10.4. The first kappa shape index (κ1) is 10.0. The van der Waals surface area contributed by atoms with Crippen molar-refractivity contribution in [1.82, 2.24) is 0 Å². The van der Waals surface area contributed by atoms with Gasteiger partial charge < -0.3 is 0 Å². The van der Waals surface area contributed by atoms with Crippen molar-refractivity contribution < 1.29 is 0 Å². The molecule has 0 spiro atoms. The third kappa shape index (κ3) is 1.32. The first-order chi connectivity index (χ1) is 6.57. The van der Waals surface area contributed by atoms with Crippen LogP contribution in [0, 0.1) is 23.7 Å². The molecule has 0 heterocycles. The van der Waals surface area contributed by atoms with E-state index in [4.69, 9.17) is 33.2 Å². The maximum atomic E-state index is 6.17. The van der Waals surface area contributed by atoms with E-state index in [1.165, 1.54) is 19.3 Å². The van der Waals surface area contributed by atoms with Crippen LogP contribution in [0.2, 0.25) is 5.54 Å². The molecule has 0 amide bonds. The number of fused-ring (bicyclic) bond motifs is 5. The Bertz CT molecular complexity index is 284. The van der Waals surface area contributed by atoms with E-state index in [0.29, 0.717) is 11.5 Å². The SMILES string of the molecule is Cl[Si](Cl)(Cl)C1CC2CC1C1C=CCC21. The van der Waals surface area contributed by atoms with E-state index in [-0.39, 0.29) is 0 Å². The molecular weight excluding hydrogens is 255 g/mol. The van der Waals surface area contributed by atoms with E-state index in [2.05, 4.69) is 12.2 Å². The molecule has 3 aliphatic rings. The molecule has 0 nitrogen and oxygen atoms in total. The summed E-state index contributed by atoms with van der Waals surface area (Å²) in [7, 11) is 0. The molecule has 0 N–H and O–H groups in total. The summed E-state index contributed by atoms with van der Waals surface area (Å²) >= 11 is 18.5. The molecule has 0 aliphatic heterocycles. The van der Waals surface area contributed by atoms with Crippen LogP contribution in [0.4, 0.5) is 0 Å². The van der Waals surface area contributed by atoms with Gasteiger partial charge in [0.05, 0.1) is 0 Å². The molecule has 3 aliphatic carbocycles. The molecule has 14 heavy (non-hydrogen) atoms. The van der Waals surface area contributed by atoms with Gasteiger partial charge in [-0.15, -0.1) is 33.2 Å². The number of allylic oxidation sites excluding steroid dienone is 2.